The molecule has 1 spiro atoms. The van der Waals surface area contributed by atoms with Gasteiger partial charge in [-0.1, -0.05) is 29.8 Å². The van der Waals surface area contributed by atoms with Gasteiger partial charge < -0.3 is 14.7 Å². The highest BCUT2D eigenvalue weighted by Crippen LogP contribution is 2.47. The van der Waals surface area contributed by atoms with Gasteiger partial charge >= 0.3 is 0 Å². The molecule has 8 heteroatoms. The molecule has 2 fully saturated rings. The lowest BCUT2D eigenvalue weighted by atomic mass is 9.68. The van der Waals surface area contributed by atoms with Gasteiger partial charge in [0.1, 0.15) is 5.75 Å². The van der Waals surface area contributed by atoms with Crippen LogP contribution in [-0.2, 0) is 21.5 Å². The quantitative estimate of drug-likeness (QED) is 0.328. The molecule has 2 saturated carbocycles. The van der Waals surface area contributed by atoms with Crippen LogP contribution in [-0.4, -0.2) is 52.6 Å². The number of anilines is 1. The van der Waals surface area contributed by atoms with Crippen molar-refractivity contribution in [2.45, 2.75) is 62.9 Å². The third kappa shape index (κ3) is 5.48. The first-order valence-electron chi connectivity index (χ1n) is 15.5. The number of halogens is 1. The van der Waals surface area contributed by atoms with Crippen LogP contribution in [0.2, 0.25) is 5.02 Å². The molecule has 7 rings (SSSR count). The van der Waals surface area contributed by atoms with Crippen molar-refractivity contribution in [3.05, 3.63) is 70.3 Å². The number of hydrogen-bond acceptors (Lipinski definition) is 5. The monoisotopic (exact) mass is 608 g/mol. The van der Waals surface area contributed by atoms with Gasteiger partial charge in [0.05, 0.1) is 18.4 Å². The Morgan fingerprint density at radius 1 is 1.10 bits per heavy atom. The van der Waals surface area contributed by atoms with E-state index in [9.17, 15) is 14.1 Å². The SMILES string of the molecule is C=S1(=O)C[C@@H](C2CC2)C/C=C/[C@H](O)[C@@H]2CC[C@H]2CN2C[C@@]3(CCCc4cc(Cl)ccc43)COc3ccc(cc32)C(=O)N1. The summed E-state index contributed by atoms with van der Waals surface area (Å²) in [6.07, 6.45) is 11.7. The van der Waals surface area contributed by atoms with Crippen LogP contribution in [0.4, 0.5) is 5.69 Å². The predicted octanol–water partition coefficient (Wildman–Crippen LogP) is 5.55. The Kier molecular flexibility index (Phi) is 7.35. The molecule has 1 unspecified atom stereocenters. The van der Waals surface area contributed by atoms with Crippen LogP contribution in [0, 0.1) is 23.7 Å². The van der Waals surface area contributed by atoms with E-state index in [-0.39, 0.29) is 23.2 Å². The van der Waals surface area contributed by atoms with Crippen LogP contribution in [0.5, 0.6) is 5.75 Å². The lowest BCUT2D eigenvalue weighted by Crippen LogP contribution is -2.49. The summed E-state index contributed by atoms with van der Waals surface area (Å²) in [5.74, 6) is 5.94. The minimum absolute atomic E-state index is 0.184. The molecule has 6 nitrogen and oxygen atoms in total. The van der Waals surface area contributed by atoms with Crippen LogP contribution in [0.1, 0.15) is 66.4 Å². The zero-order chi connectivity index (χ0) is 29.1. The number of aliphatic hydroxyl groups is 1. The van der Waals surface area contributed by atoms with Gasteiger partial charge in [-0.15, -0.1) is 0 Å². The summed E-state index contributed by atoms with van der Waals surface area (Å²) < 4.78 is 22.9. The summed E-state index contributed by atoms with van der Waals surface area (Å²) in [6.45, 7) is 2.08. The average Bonchev–Trinajstić information content (AvgIpc) is 3.78. The van der Waals surface area contributed by atoms with Gasteiger partial charge in [-0.3, -0.25) is 9.52 Å². The number of fused-ring (bicyclic) bond motifs is 4. The van der Waals surface area contributed by atoms with Gasteiger partial charge in [0.15, 0.2) is 0 Å². The van der Waals surface area contributed by atoms with Gasteiger partial charge in [-0.2, -0.15) is 0 Å². The fourth-order valence-electron chi connectivity index (χ4n) is 7.92. The summed E-state index contributed by atoms with van der Waals surface area (Å²) in [5.41, 5.74) is 3.72. The molecule has 42 heavy (non-hydrogen) atoms. The molecule has 0 radical (unpaired) electrons. The normalized spacial score (nSPS) is 35.6. The fraction of sp³-hybridized carbons (Fsp3) is 0.529. The van der Waals surface area contributed by atoms with Gasteiger partial charge in [-0.25, -0.2) is 4.21 Å². The number of benzene rings is 2. The van der Waals surface area contributed by atoms with Crippen molar-refractivity contribution in [1.82, 2.24) is 4.72 Å². The Morgan fingerprint density at radius 2 is 1.93 bits per heavy atom. The molecule has 2 N–H and O–H groups in total. The second-order valence-corrected chi connectivity index (χ2v) is 16.0. The van der Waals surface area contributed by atoms with Gasteiger partial charge in [0.25, 0.3) is 5.91 Å². The maximum atomic E-state index is 13.6. The number of amides is 1. The van der Waals surface area contributed by atoms with Crippen molar-refractivity contribution in [1.29, 1.82) is 0 Å². The van der Waals surface area contributed by atoms with Crippen molar-refractivity contribution < 1.29 is 18.8 Å². The lowest BCUT2D eigenvalue weighted by molar-refractivity contribution is 0.0455. The molecule has 6 atom stereocenters. The van der Waals surface area contributed by atoms with E-state index >= 15 is 0 Å². The zero-order valence-corrected chi connectivity index (χ0v) is 25.7. The van der Waals surface area contributed by atoms with Crippen LogP contribution < -0.4 is 14.4 Å². The zero-order valence-electron chi connectivity index (χ0n) is 24.1. The van der Waals surface area contributed by atoms with E-state index in [4.69, 9.17) is 16.3 Å². The van der Waals surface area contributed by atoms with Crippen molar-refractivity contribution in [2.75, 3.05) is 30.3 Å². The highest BCUT2D eigenvalue weighted by atomic mass is 35.5. The first kappa shape index (κ1) is 28.3. The first-order chi connectivity index (χ1) is 20.2. The topological polar surface area (TPSA) is 78.9 Å². The first-order valence-corrected chi connectivity index (χ1v) is 17.8. The molecular weight excluding hydrogens is 568 g/mol. The molecule has 2 aliphatic heterocycles. The largest absolute Gasteiger partial charge is 0.490 e. The number of nitrogens with zero attached hydrogens (tertiary/aromatic N) is 1. The second-order valence-electron chi connectivity index (χ2n) is 13.4. The second kappa shape index (κ2) is 10.9. The Hall–Kier alpha value is -2.48. The molecule has 0 saturated heterocycles. The van der Waals surface area contributed by atoms with Crippen molar-refractivity contribution in [2.24, 2.45) is 23.7 Å². The number of carbonyl (C=O) groups excluding carboxylic acids is 1. The number of rotatable bonds is 1. The number of aryl methyl sites for hydroxylation is 1. The molecular formula is C34H41ClN2O4S. The lowest BCUT2D eigenvalue weighted by Gasteiger charge is -2.45. The number of carbonyl (C=O) groups is 1. The number of ether oxygens (including phenoxy) is 1. The summed E-state index contributed by atoms with van der Waals surface area (Å²) in [7, 11) is -2.84. The van der Waals surface area contributed by atoms with Crippen LogP contribution in [0.25, 0.3) is 0 Å². The third-order valence-electron chi connectivity index (χ3n) is 10.5. The van der Waals surface area contributed by atoms with Crippen LogP contribution in [0.15, 0.2) is 48.6 Å². The van der Waals surface area contributed by atoms with Crippen LogP contribution >= 0.6 is 11.6 Å². The number of aliphatic hydroxyl groups excluding tert-OH is 1. The molecule has 2 aromatic carbocycles. The number of nitrogens with one attached hydrogen (secondary N) is 1. The number of hydrogen-bond donors (Lipinski definition) is 2. The summed E-state index contributed by atoms with van der Waals surface area (Å²) in [6, 6.07) is 11.8. The van der Waals surface area contributed by atoms with Gasteiger partial charge in [0, 0.05) is 44.6 Å². The Morgan fingerprint density at radius 3 is 2.71 bits per heavy atom. The summed E-state index contributed by atoms with van der Waals surface area (Å²) in [4.78, 5) is 15.9. The molecule has 5 aliphatic rings. The van der Waals surface area contributed by atoms with Crippen LogP contribution in [0.3, 0.4) is 0 Å². The number of allylic oxidation sites excluding steroid dienone is 1. The molecule has 2 aromatic rings. The molecule has 2 bridgehead atoms. The molecule has 2 heterocycles. The molecule has 3 aliphatic carbocycles. The van der Waals surface area contributed by atoms with E-state index in [1.54, 1.807) is 6.07 Å². The fourth-order valence-corrected chi connectivity index (χ4v) is 9.76. The minimum Gasteiger partial charge on any atom is -0.490 e. The van der Waals surface area contributed by atoms with Crippen molar-refractivity contribution >= 4 is 38.8 Å². The summed E-state index contributed by atoms with van der Waals surface area (Å²) >= 11 is 6.40. The molecule has 224 valence electrons. The third-order valence-corrected chi connectivity index (χ3v) is 12.3. The Bertz CT molecular complexity index is 1520. The maximum Gasteiger partial charge on any atom is 0.262 e. The molecule has 1 amide bonds. The van der Waals surface area contributed by atoms with E-state index in [2.05, 4.69) is 33.7 Å². The van der Waals surface area contributed by atoms with E-state index in [1.165, 1.54) is 11.1 Å². The van der Waals surface area contributed by atoms with E-state index in [0.717, 1.165) is 80.9 Å². The minimum atomic E-state index is -2.84. The Labute approximate surface area is 254 Å². The Balaban J connectivity index is 1.27. The molecule has 0 aromatic heterocycles. The van der Waals surface area contributed by atoms with Gasteiger partial charge in [-0.05, 0) is 122 Å². The van der Waals surface area contributed by atoms with Gasteiger partial charge in [0.2, 0.25) is 0 Å². The highest BCUT2D eigenvalue weighted by molar-refractivity contribution is 7.99. The van der Waals surface area contributed by atoms with Crippen molar-refractivity contribution in [3.63, 3.8) is 0 Å². The maximum absolute atomic E-state index is 13.6. The smallest absolute Gasteiger partial charge is 0.262 e. The standard InChI is InChI=1S/C34H41ClN2O4S/c1-42(40)19-26(22-7-8-22)4-2-6-31(38)28-12-9-25(28)18-37-20-34(15-3-5-23-16-27(35)11-13-29(23)34)21-41-32-14-10-24(17-30(32)37)33(39)36-42/h2,6,10-11,13-14,16-17,22,25-26,28,31,38H,1,3-5,7-9,12,15,18-21H2,(H,36,39,40)/b6-2+/t25-,26-,28+,31-,34-,42?/m0/s1. The van der Waals surface area contributed by atoms with Crippen molar-refractivity contribution in [3.8, 4) is 5.75 Å². The highest BCUT2D eigenvalue weighted by Gasteiger charge is 2.44. The van der Waals surface area contributed by atoms with E-state index < -0.39 is 15.8 Å². The van der Waals surface area contributed by atoms with E-state index in [0.29, 0.717) is 29.8 Å². The summed E-state index contributed by atoms with van der Waals surface area (Å²) in [5, 5.41) is 12.0. The van der Waals surface area contributed by atoms with E-state index in [1.807, 2.05) is 24.3 Å². The predicted molar refractivity (Wildman–Crippen MR) is 170 cm³/mol. The average molecular weight is 609 g/mol.